The molecule has 32 heavy (non-hydrogen) atoms. The highest BCUT2D eigenvalue weighted by molar-refractivity contribution is 5.76. The molecule has 0 aromatic rings. The number of allylic oxidation sites excluding steroid dienone is 2. The van der Waals surface area contributed by atoms with Crippen LogP contribution in [-0.2, 0) is 9.59 Å². The van der Waals surface area contributed by atoms with E-state index >= 15 is 0 Å². The summed E-state index contributed by atoms with van der Waals surface area (Å²) in [6, 6.07) is 2.31. The first-order valence-corrected chi connectivity index (χ1v) is 12.4. The second-order valence-corrected chi connectivity index (χ2v) is 8.97. The van der Waals surface area contributed by atoms with Crippen molar-refractivity contribution in [2.24, 2.45) is 29.2 Å². The van der Waals surface area contributed by atoms with Gasteiger partial charge in [0.25, 0.3) is 0 Å². The number of hydrogen-bond acceptors (Lipinski definition) is 5. The van der Waals surface area contributed by atoms with Gasteiger partial charge in [-0.25, -0.2) is 0 Å². The third kappa shape index (κ3) is 18.8. The fourth-order valence-electron chi connectivity index (χ4n) is 3.26. The topological polar surface area (TPSA) is 134 Å². The maximum absolute atomic E-state index is 11.9. The number of nitrogens with zero attached hydrogens (tertiary/aromatic N) is 1. The van der Waals surface area contributed by atoms with Crippen LogP contribution in [0.3, 0.4) is 0 Å². The standard InChI is InChI=1S/C25H47N5O2/c1-21(18-26)10-8-16-29-24(31)13-7-5-3-4-6-12-23(20-28)14-15-25(32)30-17-9-11-22(2)19-27/h3-4,21-23H,5-19,26-27H2,1-2H3,(H,29,31)(H,30,32)/b4-3+. The van der Waals surface area contributed by atoms with Gasteiger partial charge in [0.05, 0.1) is 6.07 Å². The number of nitriles is 1. The Labute approximate surface area is 195 Å². The average molecular weight is 450 g/mol. The molecule has 7 heteroatoms. The van der Waals surface area contributed by atoms with Crippen molar-refractivity contribution in [3.8, 4) is 6.07 Å². The summed E-state index contributed by atoms with van der Waals surface area (Å²) < 4.78 is 0. The zero-order chi connectivity index (χ0) is 24.0. The van der Waals surface area contributed by atoms with Crippen LogP contribution in [0.4, 0.5) is 0 Å². The molecule has 0 aliphatic rings. The summed E-state index contributed by atoms with van der Waals surface area (Å²) in [5.41, 5.74) is 11.2. The Morgan fingerprint density at radius 3 is 1.88 bits per heavy atom. The quantitative estimate of drug-likeness (QED) is 0.167. The van der Waals surface area contributed by atoms with Crippen LogP contribution >= 0.6 is 0 Å². The molecule has 0 aliphatic carbocycles. The first kappa shape index (κ1) is 30.1. The van der Waals surface area contributed by atoms with Gasteiger partial charge in [0.1, 0.15) is 0 Å². The molecule has 7 nitrogen and oxygen atoms in total. The second kappa shape index (κ2) is 21.0. The number of hydrogen-bond donors (Lipinski definition) is 4. The number of rotatable bonds is 20. The molecule has 0 saturated carbocycles. The summed E-state index contributed by atoms with van der Waals surface area (Å²) in [7, 11) is 0. The summed E-state index contributed by atoms with van der Waals surface area (Å²) in [5, 5.41) is 15.2. The van der Waals surface area contributed by atoms with E-state index in [0.29, 0.717) is 50.7 Å². The van der Waals surface area contributed by atoms with Crippen molar-refractivity contribution in [1.29, 1.82) is 5.26 Å². The Kier molecular flexibility index (Phi) is 19.7. The number of nitrogens with two attached hydrogens (primary N) is 2. The molecular formula is C25H47N5O2. The number of carbonyl (C=O) groups excluding carboxylic acids is 2. The Morgan fingerprint density at radius 1 is 0.812 bits per heavy atom. The fourth-order valence-corrected chi connectivity index (χ4v) is 3.26. The molecule has 0 spiro atoms. The van der Waals surface area contributed by atoms with Crippen LogP contribution in [-0.4, -0.2) is 38.0 Å². The number of carbonyl (C=O) groups is 2. The van der Waals surface area contributed by atoms with Gasteiger partial charge >= 0.3 is 0 Å². The zero-order valence-electron chi connectivity index (χ0n) is 20.4. The minimum Gasteiger partial charge on any atom is -0.356 e. The van der Waals surface area contributed by atoms with Crippen LogP contribution < -0.4 is 22.1 Å². The lowest BCUT2D eigenvalue weighted by Crippen LogP contribution is -2.25. The van der Waals surface area contributed by atoms with Gasteiger partial charge in [0.15, 0.2) is 0 Å². The minimum absolute atomic E-state index is 0.0216. The van der Waals surface area contributed by atoms with Gasteiger partial charge in [-0.05, 0) is 82.7 Å². The van der Waals surface area contributed by atoms with Crippen molar-refractivity contribution in [2.45, 2.75) is 84.5 Å². The first-order valence-electron chi connectivity index (χ1n) is 12.4. The summed E-state index contributed by atoms with van der Waals surface area (Å²) in [6.07, 6.45) is 12.9. The van der Waals surface area contributed by atoms with Crippen LogP contribution in [0.25, 0.3) is 0 Å². The summed E-state index contributed by atoms with van der Waals surface area (Å²) in [5.74, 6) is 1.02. The minimum atomic E-state index is -0.101. The third-order valence-electron chi connectivity index (χ3n) is 5.72. The average Bonchev–Trinajstić information content (AvgIpc) is 2.80. The van der Waals surface area contributed by atoms with E-state index in [1.165, 1.54) is 0 Å². The van der Waals surface area contributed by atoms with Gasteiger partial charge in [-0.3, -0.25) is 9.59 Å². The highest BCUT2D eigenvalue weighted by Gasteiger charge is 2.10. The number of amides is 2. The van der Waals surface area contributed by atoms with Gasteiger partial charge in [-0.15, -0.1) is 0 Å². The lowest BCUT2D eigenvalue weighted by molar-refractivity contribution is -0.122. The largest absolute Gasteiger partial charge is 0.356 e. The monoisotopic (exact) mass is 449 g/mol. The van der Waals surface area contributed by atoms with E-state index in [2.05, 4.69) is 42.7 Å². The molecule has 0 saturated heterocycles. The van der Waals surface area contributed by atoms with Gasteiger partial charge in [0.2, 0.25) is 11.8 Å². The Bertz CT molecular complexity index is 559. The Morgan fingerprint density at radius 2 is 1.34 bits per heavy atom. The van der Waals surface area contributed by atoms with E-state index in [0.717, 1.165) is 57.9 Å². The molecule has 0 rings (SSSR count). The first-order chi connectivity index (χ1) is 15.4. The smallest absolute Gasteiger partial charge is 0.220 e. The third-order valence-corrected chi connectivity index (χ3v) is 5.72. The maximum Gasteiger partial charge on any atom is 0.220 e. The number of unbranched alkanes of at least 4 members (excludes halogenated alkanes) is 1. The molecular weight excluding hydrogens is 402 g/mol. The lowest BCUT2D eigenvalue weighted by atomic mass is 9.98. The molecule has 0 aromatic heterocycles. The molecule has 3 unspecified atom stereocenters. The Hall–Kier alpha value is -1.91. The van der Waals surface area contributed by atoms with Crippen LogP contribution in [0.5, 0.6) is 0 Å². The van der Waals surface area contributed by atoms with Gasteiger partial charge < -0.3 is 22.1 Å². The van der Waals surface area contributed by atoms with Crippen LogP contribution in [0.15, 0.2) is 12.2 Å². The van der Waals surface area contributed by atoms with E-state index in [9.17, 15) is 14.9 Å². The van der Waals surface area contributed by atoms with Crippen LogP contribution in [0, 0.1) is 29.1 Å². The van der Waals surface area contributed by atoms with E-state index in [1.54, 1.807) is 0 Å². The zero-order valence-corrected chi connectivity index (χ0v) is 20.4. The predicted octanol–water partition coefficient (Wildman–Crippen LogP) is 3.40. The fraction of sp³-hybridized carbons (Fsp3) is 0.800. The van der Waals surface area contributed by atoms with Crippen molar-refractivity contribution in [3.05, 3.63) is 12.2 Å². The van der Waals surface area contributed by atoms with Crippen molar-refractivity contribution in [1.82, 2.24) is 10.6 Å². The molecule has 3 atom stereocenters. The van der Waals surface area contributed by atoms with Crippen LogP contribution in [0.1, 0.15) is 84.5 Å². The molecule has 0 heterocycles. The molecule has 6 N–H and O–H groups in total. The summed E-state index contributed by atoms with van der Waals surface area (Å²) >= 11 is 0. The van der Waals surface area contributed by atoms with E-state index in [4.69, 9.17) is 11.5 Å². The Balaban J connectivity index is 3.72. The molecule has 184 valence electrons. The highest BCUT2D eigenvalue weighted by atomic mass is 16.2. The second-order valence-electron chi connectivity index (χ2n) is 8.97. The summed E-state index contributed by atoms with van der Waals surface area (Å²) in [6.45, 7) is 7.00. The molecule has 0 aromatic carbocycles. The van der Waals surface area contributed by atoms with Gasteiger partial charge in [-0.1, -0.05) is 26.0 Å². The maximum atomic E-state index is 11.9. The summed E-state index contributed by atoms with van der Waals surface area (Å²) in [4.78, 5) is 23.7. The van der Waals surface area contributed by atoms with Crippen molar-refractivity contribution < 1.29 is 9.59 Å². The SMILES string of the molecule is CC(CN)CCCNC(=O)CCC/C=C/CCC(C#N)CCC(=O)NCCCC(C)CN. The van der Waals surface area contributed by atoms with E-state index < -0.39 is 0 Å². The molecule has 0 bridgehead atoms. The molecule has 0 fully saturated rings. The molecule has 0 radical (unpaired) electrons. The highest BCUT2D eigenvalue weighted by Crippen LogP contribution is 2.13. The van der Waals surface area contributed by atoms with E-state index in [-0.39, 0.29) is 17.7 Å². The van der Waals surface area contributed by atoms with Crippen molar-refractivity contribution >= 4 is 11.8 Å². The van der Waals surface area contributed by atoms with Gasteiger partial charge in [-0.2, -0.15) is 5.26 Å². The lowest BCUT2D eigenvalue weighted by Gasteiger charge is -2.10. The van der Waals surface area contributed by atoms with E-state index in [1.807, 2.05) is 0 Å². The number of nitrogens with one attached hydrogen (secondary N) is 2. The normalized spacial score (nSPS) is 14.0. The van der Waals surface area contributed by atoms with Crippen molar-refractivity contribution in [3.63, 3.8) is 0 Å². The molecule has 0 aliphatic heterocycles. The predicted molar refractivity (Wildman–Crippen MR) is 131 cm³/mol. The molecule has 2 amide bonds. The van der Waals surface area contributed by atoms with Crippen molar-refractivity contribution in [2.75, 3.05) is 26.2 Å². The van der Waals surface area contributed by atoms with Gasteiger partial charge in [0, 0.05) is 31.8 Å². The van der Waals surface area contributed by atoms with Crippen LogP contribution in [0.2, 0.25) is 0 Å².